The second-order valence-corrected chi connectivity index (χ2v) is 3.02. The molecule has 0 spiro atoms. The van der Waals surface area contributed by atoms with Gasteiger partial charge in [0.25, 0.3) is 5.56 Å². The van der Waals surface area contributed by atoms with Gasteiger partial charge >= 0.3 is 0 Å². The third kappa shape index (κ3) is 1.42. The van der Waals surface area contributed by atoms with Crippen LogP contribution in [0.5, 0.6) is 0 Å². The molecule has 0 saturated carbocycles. The molecule has 6 heteroatoms. The maximum atomic E-state index is 10.9. The van der Waals surface area contributed by atoms with Gasteiger partial charge in [-0.1, -0.05) is 34.8 Å². The molecule has 0 aliphatic rings. The summed E-state index contributed by atoms with van der Waals surface area (Å²) in [6.07, 6.45) is 0. The Balaban J connectivity index is 3.68. The second kappa shape index (κ2) is 3.36. The van der Waals surface area contributed by atoms with Crippen LogP contribution in [0.25, 0.3) is 0 Å². The van der Waals surface area contributed by atoms with Crippen LogP contribution < -0.4 is 5.56 Å². The highest BCUT2D eigenvalue weighted by Gasteiger charge is 2.12. The van der Waals surface area contributed by atoms with Gasteiger partial charge in [0.2, 0.25) is 0 Å². The van der Waals surface area contributed by atoms with Crippen LogP contribution in [0, 0.1) is 11.3 Å². The molecule has 0 atom stereocenters. The molecule has 1 heterocycles. The molecule has 0 bridgehead atoms. The first-order valence-corrected chi connectivity index (χ1v) is 3.88. The number of pyridine rings is 1. The maximum absolute atomic E-state index is 10.9. The van der Waals surface area contributed by atoms with Crippen LogP contribution in [0.1, 0.15) is 5.56 Å². The number of aromatic amines is 1. The van der Waals surface area contributed by atoms with Gasteiger partial charge < -0.3 is 4.98 Å². The van der Waals surface area contributed by atoms with E-state index in [-0.39, 0.29) is 20.8 Å². The standard InChI is InChI=1S/C6HCl3N2O/c7-3-2(1-10)4(8)6(12)11-5(3)9/h(H,11,12). The van der Waals surface area contributed by atoms with Crippen LogP contribution >= 0.6 is 34.8 Å². The van der Waals surface area contributed by atoms with Crippen molar-refractivity contribution in [2.45, 2.75) is 0 Å². The van der Waals surface area contributed by atoms with E-state index in [9.17, 15) is 4.79 Å². The first kappa shape index (κ1) is 9.40. The van der Waals surface area contributed by atoms with Gasteiger partial charge in [-0.25, -0.2) is 0 Å². The predicted molar refractivity (Wildman–Crippen MR) is 46.8 cm³/mol. The number of hydrogen-bond acceptors (Lipinski definition) is 2. The fourth-order valence-electron chi connectivity index (χ4n) is 0.627. The molecule has 0 aliphatic carbocycles. The molecule has 0 saturated heterocycles. The Hall–Kier alpha value is -0.690. The van der Waals surface area contributed by atoms with Crippen molar-refractivity contribution in [1.82, 2.24) is 4.98 Å². The number of rotatable bonds is 0. The van der Waals surface area contributed by atoms with E-state index >= 15 is 0 Å². The van der Waals surface area contributed by atoms with Crippen molar-refractivity contribution in [3.63, 3.8) is 0 Å². The van der Waals surface area contributed by atoms with Gasteiger partial charge in [0.15, 0.2) is 0 Å². The Morgan fingerprint density at radius 3 is 2.33 bits per heavy atom. The zero-order valence-corrected chi connectivity index (χ0v) is 7.76. The molecule has 0 unspecified atom stereocenters. The Morgan fingerprint density at radius 1 is 1.25 bits per heavy atom. The van der Waals surface area contributed by atoms with E-state index in [2.05, 4.69) is 4.98 Å². The molecule has 0 amide bonds. The van der Waals surface area contributed by atoms with Gasteiger partial charge in [0.05, 0.1) is 10.6 Å². The minimum absolute atomic E-state index is 0.0382. The van der Waals surface area contributed by atoms with Gasteiger partial charge in [-0.15, -0.1) is 0 Å². The molecular weight excluding hydrogens is 222 g/mol. The third-order valence-corrected chi connectivity index (χ3v) is 2.28. The number of aromatic nitrogens is 1. The summed E-state index contributed by atoms with van der Waals surface area (Å²) in [6.45, 7) is 0. The lowest BCUT2D eigenvalue weighted by molar-refractivity contribution is 1.23. The van der Waals surface area contributed by atoms with Gasteiger partial charge in [0.1, 0.15) is 16.2 Å². The molecule has 1 aromatic heterocycles. The molecular formula is C6HCl3N2O. The average molecular weight is 223 g/mol. The van der Waals surface area contributed by atoms with Gasteiger partial charge in [-0.05, 0) is 0 Å². The van der Waals surface area contributed by atoms with E-state index in [1.54, 1.807) is 6.07 Å². The summed E-state index contributed by atoms with van der Waals surface area (Å²) >= 11 is 16.5. The Labute approximate surface area is 82.5 Å². The monoisotopic (exact) mass is 222 g/mol. The van der Waals surface area contributed by atoms with Gasteiger partial charge in [-0.3, -0.25) is 4.79 Å². The first-order chi connectivity index (χ1) is 5.57. The molecule has 12 heavy (non-hydrogen) atoms. The van der Waals surface area contributed by atoms with E-state index in [1.807, 2.05) is 0 Å². The van der Waals surface area contributed by atoms with Crippen LogP contribution in [0.15, 0.2) is 4.79 Å². The quantitative estimate of drug-likeness (QED) is 0.686. The molecule has 0 aromatic carbocycles. The van der Waals surface area contributed by atoms with Crippen molar-refractivity contribution < 1.29 is 0 Å². The smallest absolute Gasteiger partial charge is 0.269 e. The molecule has 1 aromatic rings. The van der Waals surface area contributed by atoms with Crippen molar-refractivity contribution in [3.8, 4) is 6.07 Å². The van der Waals surface area contributed by atoms with Crippen LogP contribution in [0.3, 0.4) is 0 Å². The van der Waals surface area contributed by atoms with Crippen LogP contribution in [0.2, 0.25) is 15.2 Å². The summed E-state index contributed by atoms with van der Waals surface area (Å²) in [5.41, 5.74) is -0.727. The molecule has 1 rings (SSSR count). The lowest BCUT2D eigenvalue weighted by Crippen LogP contribution is -2.08. The summed E-state index contributed by atoms with van der Waals surface area (Å²) in [5.74, 6) is 0. The van der Waals surface area contributed by atoms with Gasteiger partial charge in [-0.2, -0.15) is 5.26 Å². The number of nitrogens with zero attached hydrogens (tertiary/aromatic N) is 1. The number of nitriles is 1. The van der Waals surface area contributed by atoms with E-state index in [0.717, 1.165) is 0 Å². The SMILES string of the molecule is N#Cc1c(Cl)c(Cl)[nH]c(=O)c1Cl. The average Bonchev–Trinajstić information content (AvgIpc) is 2.02. The highest BCUT2D eigenvalue weighted by atomic mass is 35.5. The summed E-state index contributed by atoms with van der Waals surface area (Å²) in [4.78, 5) is 13.1. The van der Waals surface area contributed by atoms with Crippen molar-refractivity contribution in [3.05, 3.63) is 31.1 Å². The normalized spacial score (nSPS) is 9.50. The summed E-state index contributed by atoms with van der Waals surface area (Å²) < 4.78 is 0. The van der Waals surface area contributed by atoms with E-state index in [4.69, 9.17) is 40.1 Å². The Morgan fingerprint density at radius 2 is 1.83 bits per heavy atom. The first-order valence-electron chi connectivity index (χ1n) is 2.74. The van der Waals surface area contributed by atoms with Crippen LogP contribution in [-0.4, -0.2) is 4.98 Å². The van der Waals surface area contributed by atoms with Crippen LogP contribution in [-0.2, 0) is 0 Å². The molecule has 0 aliphatic heterocycles. The van der Waals surface area contributed by atoms with Crippen molar-refractivity contribution >= 4 is 34.8 Å². The highest BCUT2D eigenvalue weighted by Crippen LogP contribution is 2.25. The number of hydrogen-bond donors (Lipinski definition) is 1. The third-order valence-electron chi connectivity index (χ3n) is 1.17. The minimum atomic E-state index is -0.623. The summed E-state index contributed by atoms with van der Waals surface area (Å²) in [6, 6.07) is 1.68. The molecule has 62 valence electrons. The summed E-state index contributed by atoms with van der Waals surface area (Å²) in [7, 11) is 0. The summed E-state index contributed by atoms with van der Waals surface area (Å²) in [5, 5.41) is 8.16. The van der Waals surface area contributed by atoms with E-state index in [1.165, 1.54) is 0 Å². The Kier molecular flexibility index (Phi) is 2.63. The number of halogens is 3. The molecule has 0 fully saturated rings. The zero-order chi connectivity index (χ0) is 9.30. The molecule has 3 nitrogen and oxygen atoms in total. The lowest BCUT2D eigenvalue weighted by atomic mass is 10.3. The fourth-order valence-corrected chi connectivity index (χ4v) is 1.22. The van der Waals surface area contributed by atoms with Gasteiger partial charge in [0, 0.05) is 0 Å². The molecule has 1 N–H and O–H groups in total. The topological polar surface area (TPSA) is 56.6 Å². The van der Waals surface area contributed by atoms with E-state index in [0.29, 0.717) is 0 Å². The largest absolute Gasteiger partial charge is 0.310 e. The number of nitrogens with one attached hydrogen (secondary N) is 1. The lowest BCUT2D eigenvalue weighted by Gasteiger charge is -1.98. The minimum Gasteiger partial charge on any atom is -0.310 e. The molecule has 0 radical (unpaired) electrons. The van der Waals surface area contributed by atoms with Crippen molar-refractivity contribution in [1.29, 1.82) is 5.26 Å². The maximum Gasteiger partial charge on any atom is 0.269 e. The van der Waals surface area contributed by atoms with Crippen molar-refractivity contribution in [2.75, 3.05) is 0 Å². The Bertz CT molecular complexity index is 418. The number of H-pyrrole nitrogens is 1. The fraction of sp³-hybridized carbons (Fsp3) is 0. The second-order valence-electron chi connectivity index (χ2n) is 1.88. The highest BCUT2D eigenvalue weighted by molar-refractivity contribution is 6.43. The zero-order valence-electron chi connectivity index (χ0n) is 5.49. The van der Waals surface area contributed by atoms with Crippen molar-refractivity contribution in [2.24, 2.45) is 0 Å². The predicted octanol–water partition coefficient (Wildman–Crippen LogP) is 2.21. The van der Waals surface area contributed by atoms with Crippen LogP contribution in [0.4, 0.5) is 0 Å². The van der Waals surface area contributed by atoms with E-state index < -0.39 is 5.56 Å².